The lowest BCUT2D eigenvalue weighted by Gasteiger charge is -2.08. The van der Waals surface area contributed by atoms with Gasteiger partial charge in [0.25, 0.3) is 0 Å². The molecule has 0 unspecified atom stereocenters. The summed E-state index contributed by atoms with van der Waals surface area (Å²) >= 11 is 12.9. The van der Waals surface area contributed by atoms with Crippen LogP contribution in [0.3, 0.4) is 0 Å². The zero-order valence-corrected chi connectivity index (χ0v) is 17.2. The van der Waals surface area contributed by atoms with E-state index in [1.807, 2.05) is 24.3 Å². The molecule has 1 aromatic heterocycles. The van der Waals surface area contributed by atoms with Crippen molar-refractivity contribution in [1.82, 2.24) is 4.98 Å². The molecule has 0 radical (unpaired) electrons. The molecule has 0 aliphatic rings. The average molecular weight is 405 g/mol. The second-order valence-electron chi connectivity index (χ2n) is 6.73. The SMILES string of the molecule is CCCCOc1ccc(-c2[nH]c3c(Cl)ccc(Cl)c3c2CCCCN)cc1. The minimum atomic E-state index is 0.681. The highest BCUT2D eigenvalue weighted by Gasteiger charge is 2.17. The molecule has 0 aliphatic heterocycles. The molecular formula is C22H26Cl2N2O. The van der Waals surface area contributed by atoms with Crippen LogP contribution in [0.25, 0.3) is 22.2 Å². The molecule has 0 saturated carbocycles. The van der Waals surface area contributed by atoms with E-state index in [1.54, 1.807) is 0 Å². The van der Waals surface area contributed by atoms with Gasteiger partial charge in [0.05, 0.1) is 22.2 Å². The Morgan fingerprint density at radius 3 is 2.41 bits per heavy atom. The molecule has 5 heteroatoms. The van der Waals surface area contributed by atoms with Gasteiger partial charge in [0, 0.05) is 11.1 Å². The molecule has 27 heavy (non-hydrogen) atoms. The predicted octanol–water partition coefficient (Wildman–Crippen LogP) is 6.60. The third kappa shape index (κ3) is 4.60. The van der Waals surface area contributed by atoms with Crippen molar-refractivity contribution >= 4 is 34.1 Å². The maximum atomic E-state index is 6.52. The van der Waals surface area contributed by atoms with Gasteiger partial charge < -0.3 is 15.5 Å². The fourth-order valence-electron chi connectivity index (χ4n) is 3.29. The standard InChI is InChI=1S/C22H26Cl2N2O/c1-2-3-14-27-16-9-7-15(8-10-16)21-17(6-4-5-13-25)20-18(23)11-12-19(24)22(20)26-21/h7-12,26H,2-6,13-14,25H2,1H3. The molecular weight excluding hydrogens is 379 g/mol. The van der Waals surface area contributed by atoms with Crippen LogP contribution in [0.2, 0.25) is 10.0 Å². The van der Waals surface area contributed by atoms with Gasteiger partial charge in [0.1, 0.15) is 5.75 Å². The lowest BCUT2D eigenvalue weighted by Crippen LogP contribution is -1.99. The van der Waals surface area contributed by atoms with E-state index in [4.69, 9.17) is 33.7 Å². The van der Waals surface area contributed by atoms with Gasteiger partial charge in [0.15, 0.2) is 0 Å². The van der Waals surface area contributed by atoms with Crippen molar-refractivity contribution < 1.29 is 4.74 Å². The van der Waals surface area contributed by atoms with Gasteiger partial charge in [-0.2, -0.15) is 0 Å². The van der Waals surface area contributed by atoms with Gasteiger partial charge >= 0.3 is 0 Å². The largest absolute Gasteiger partial charge is 0.494 e. The quantitative estimate of drug-likeness (QED) is 0.394. The minimum Gasteiger partial charge on any atom is -0.494 e. The number of benzene rings is 2. The number of aromatic nitrogens is 1. The van der Waals surface area contributed by atoms with Crippen molar-refractivity contribution in [3.05, 3.63) is 52.0 Å². The van der Waals surface area contributed by atoms with Gasteiger partial charge in [-0.1, -0.05) is 36.5 Å². The second kappa shape index (κ2) is 9.50. The number of aromatic amines is 1. The summed E-state index contributed by atoms with van der Waals surface area (Å²) in [5.74, 6) is 0.893. The Balaban J connectivity index is 1.98. The van der Waals surface area contributed by atoms with E-state index in [1.165, 1.54) is 5.56 Å². The predicted molar refractivity (Wildman–Crippen MR) is 116 cm³/mol. The molecule has 0 fully saturated rings. The number of fused-ring (bicyclic) bond motifs is 1. The van der Waals surface area contributed by atoms with Crippen molar-refractivity contribution in [3.8, 4) is 17.0 Å². The number of aryl methyl sites for hydroxylation is 1. The van der Waals surface area contributed by atoms with E-state index >= 15 is 0 Å². The fraction of sp³-hybridized carbons (Fsp3) is 0.364. The van der Waals surface area contributed by atoms with Crippen LogP contribution in [-0.4, -0.2) is 18.1 Å². The molecule has 3 rings (SSSR count). The molecule has 0 spiro atoms. The highest BCUT2D eigenvalue weighted by molar-refractivity contribution is 6.40. The minimum absolute atomic E-state index is 0.681. The molecule has 1 heterocycles. The molecule has 0 bridgehead atoms. The molecule has 3 aromatic rings. The first-order valence-corrected chi connectivity index (χ1v) is 10.3. The summed E-state index contributed by atoms with van der Waals surface area (Å²) in [6.07, 6.45) is 5.08. The smallest absolute Gasteiger partial charge is 0.119 e. The lowest BCUT2D eigenvalue weighted by atomic mass is 10.00. The summed E-state index contributed by atoms with van der Waals surface area (Å²) in [5, 5.41) is 2.42. The van der Waals surface area contributed by atoms with E-state index in [-0.39, 0.29) is 0 Å². The van der Waals surface area contributed by atoms with Crippen molar-refractivity contribution in [2.24, 2.45) is 5.73 Å². The highest BCUT2D eigenvalue weighted by Crippen LogP contribution is 2.39. The molecule has 2 aromatic carbocycles. The summed E-state index contributed by atoms with van der Waals surface area (Å²) in [5.41, 5.74) is 9.94. The topological polar surface area (TPSA) is 51.0 Å². The van der Waals surface area contributed by atoms with E-state index in [0.717, 1.165) is 71.6 Å². The van der Waals surface area contributed by atoms with Crippen molar-refractivity contribution in [2.45, 2.75) is 39.0 Å². The van der Waals surface area contributed by atoms with E-state index in [2.05, 4.69) is 24.0 Å². The first-order valence-electron chi connectivity index (χ1n) is 9.57. The molecule has 0 atom stereocenters. The van der Waals surface area contributed by atoms with Crippen molar-refractivity contribution in [3.63, 3.8) is 0 Å². The van der Waals surface area contributed by atoms with Gasteiger partial charge in [-0.05, 0) is 79.8 Å². The summed E-state index contributed by atoms with van der Waals surface area (Å²) < 4.78 is 5.78. The Hall–Kier alpha value is -1.68. The number of hydrogen-bond donors (Lipinski definition) is 2. The van der Waals surface area contributed by atoms with Crippen LogP contribution in [0.1, 0.15) is 38.2 Å². The number of rotatable bonds is 9. The molecule has 0 amide bonds. The van der Waals surface area contributed by atoms with Crippen LogP contribution in [0, 0.1) is 0 Å². The average Bonchev–Trinajstić information content (AvgIpc) is 3.07. The number of H-pyrrole nitrogens is 1. The zero-order chi connectivity index (χ0) is 19.2. The first-order chi connectivity index (χ1) is 13.2. The number of nitrogens with two attached hydrogens (primary N) is 1. The first kappa shape index (κ1) is 20.1. The number of halogens is 2. The monoisotopic (exact) mass is 404 g/mol. The Kier molecular flexibility index (Phi) is 7.06. The van der Waals surface area contributed by atoms with E-state index < -0.39 is 0 Å². The van der Waals surface area contributed by atoms with Crippen LogP contribution >= 0.6 is 23.2 Å². The summed E-state index contributed by atoms with van der Waals surface area (Å²) in [6, 6.07) is 11.9. The Morgan fingerprint density at radius 1 is 0.963 bits per heavy atom. The van der Waals surface area contributed by atoms with Crippen molar-refractivity contribution in [1.29, 1.82) is 0 Å². The molecule has 144 valence electrons. The van der Waals surface area contributed by atoms with Crippen LogP contribution < -0.4 is 10.5 Å². The number of unbranched alkanes of at least 4 members (excludes halogenated alkanes) is 2. The normalized spacial score (nSPS) is 11.3. The van der Waals surface area contributed by atoms with Gasteiger partial charge in [0.2, 0.25) is 0 Å². The third-order valence-corrected chi connectivity index (χ3v) is 5.38. The Morgan fingerprint density at radius 2 is 1.70 bits per heavy atom. The summed E-state index contributed by atoms with van der Waals surface area (Å²) in [6.45, 7) is 3.60. The second-order valence-corrected chi connectivity index (χ2v) is 7.54. The molecule has 0 aliphatic carbocycles. The highest BCUT2D eigenvalue weighted by atomic mass is 35.5. The summed E-state index contributed by atoms with van der Waals surface area (Å²) in [7, 11) is 0. The number of ether oxygens (including phenoxy) is 1. The van der Waals surface area contributed by atoms with Gasteiger partial charge in [-0.25, -0.2) is 0 Å². The third-order valence-electron chi connectivity index (χ3n) is 4.75. The Bertz CT molecular complexity index is 887. The molecule has 0 saturated heterocycles. The van der Waals surface area contributed by atoms with Gasteiger partial charge in [-0.15, -0.1) is 0 Å². The Labute approximate surface area is 170 Å². The zero-order valence-electron chi connectivity index (χ0n) is 15.7. The maximum Gasteiger partial charge on any atom is 0.119 e. The van der Waals surface area contributed by atoms with Gasteiger partial charge in [-0.3, -0.25) is 0 Å². The van der Waals surface area contributed by atoms with Crippen molar-refractivity contribution in [2.75, 3.05) is 13.2 Å². The van der Waals surface area contributed by atoms with Crippen LogP contribution in [0.15, 0.2) is 36.4 Å². The van der Waals surface area contributed by atoms with Crippen LogP contribution in [0.4, 0.5) is 0 Å². The number of nitrogens with one attached hydrogen (secondary N) is 1. The lowest BCUT2D eigenvalue weighted by molar-refractivity contribution is 0.309. The summed E-state index contributed by atoms with van der Waals surface area (Å²) in [4.78, 5) is 3.50. The van der Waals surface area contributed by atoms with E-state index in [0.29, 0.717) is 11.6 Å². The van der Waals surface area contributed by atoms with Crippen LogP contribution in [-0.2, 0) is 6.42 Å². The molecule has 3 nitrogen and oxygen atoms in total. The van der Waals surface area contributed by atoms with E-state index in [9.17, 15) is 0 Å². The fourth-order valence-corrected chi connectivity index (χ4v) is 3.77. The molecule has 3 N–H and O–H groups in total. The van der Waals surface area contributed by atoms with Crippen LogP contribution in [0.5, 0.6) is 5.75 Å². The maximum absolute atomic E-state index is 6.52. The number of hydrogen-bond acceptors (Lipinski definition) is 2.